The zero-order chi connectivity index (χ0) is 10.6. The fourth-order valence-corrected chi connectivity index (χ4v) is 2.58. The summed E-state index contributed by atoms with van der Waals surface area (Å²) in [5, 5.41) is 0. The highest BCUT2D eigenvalue weighted by Crippen LogP contribution is 2.29. The predicted molar refractivity (Wildman–Crippen MR) is 60.5 cm³/mol. The van der Waals surface area contributed by atoms with Crippen molar-refractivity contribution in [3.63, 3.8) is 0 Å². The number of ether oxygens (including phenoxy) is 1. The summed E-state index contributed by atoms with van der Waals surface area (Å²) in [4.78, 5) is 1.10. The lowest BCUT2D eigenvalue weighted by Gasteiger charge is -2.23. The van der Waals surface area contributed by atoms with Gasteiger partial charge in [-0.2, -0.15) is 0 Å². The van der Waals surface area contributed by atoms with Gasteiger partial charge in [0.15, 0.2) is 0 Å². The largest absolute Gasteiger partial charge is 0.379 e. The van der Waals surface area contributed by atoms with E-state index in [0.29, 0.717) is 0 Å². The summed E-state index contributed by atoms with van der Waals surface area (Å²) in [5.41, 5.74) is 2.76. The van der Waals surface area contributed by atoms with Crippen molar-refractivity contribution in [3.8, 4) is 0 Å². The molecule has 3 N–H and O–H groups in total. The Kier molecular flexibility index (Phi) is 4.84. The molecule has 0 saturated carbocycles. The van der Waals surface area contributed by atoms with Gasteiger partial charge in [0.2, 0.25) is 0 Å². The Morgan fingerprint density at radius 3 is 2.71 bits per heavy atom. The predicted octanol–water partition coefficient (Wildman–Crippen LogP) is 2.33. The van der Waals surface area contributed by atoms with Crippen molar-refractivity contribution < 1.29 is 4.74 Å². The van der Waals surface area contributed by atoms with Crippen LogP contribution in [-0.4, -0.2) is 13.2 Å². The maximum atomic E-state index is 5.86. The first-order valence-corrected chi connectivity index (χ1v) is 5.66. The fourth-order valence-electron chi connectivity index (χ4n) is 1.41. The van der Waals surface area contributed by atoms with E-state index in [4.69, 9.17) is 22.2 Å². The van der Waals surface area contributed by atoms with E-state index in [2.05, 4.69) is 12.3 Å². The Morgan fingerprint density at radius 2 is 2.36 bits per heavy atom. The van der Waals surface area contributed by atoms with Gasteiger partial charge in [-0.05, 0) is 18.6 Å². The maximum Gasteiger partial charge on any atom is 0.0931 e. The molecule has 14 heavy (non-hydrogen) atoms. The van der Waals surface area contributed by atoms with Crippen molar-refractivity contribution in [2.24, 2.45) is 5.84 Å². The average molecular weight is 235 g/mol. The molecular formula is C9H15ClN2OS. The molecule has 2 atom stereocenters. The van der Waals surface area contributed by atoms with Crippen molar-refractivity contribution in [3.05, 3.63) is 21.3 Å². The second-order valence-electron chi connectivity index (χ2n) is 2.97. The Balaban J connectivity index is 2.80. The summed E-state index contributed by atoms with van der Waals surface area (Å²) < 4.78 is 6.11. The van der Waals surface area contributed by atoms with Crippen LogP contribution in [0.4, 0.5) is 0 Å². The lowest BCUT2D eigenvalue weighted by Crippen LogP contribution is -2.36. The van der Waals surface area contributed by atoms with E-state index >= 15 is 0 Å². The van der Waals surface area contributed by atoms with Crippen LogP contribution >= 0.6 is 22.9 Å². The first-order valence-electron chi connectivity index (χ1n) is 4.47. The second-order valence-corrected chi connectivity index (χ2v) is 4.72. The lowest BCUT2D eigenvalue weighted by molar-refractivity contribution is 0.0662. The molecule has 1 heterocycles. The number of rotatable bonds is 5. The zero-order valence-corrected chi connectivity index (χ0v) is 9.86. The van der Waals surface area contributed by atoms with E-state index < -0.39 is 0 Å². The van der Waals surface area contributed by atoms with E-state index in [1.165, 1.54) is 11.3 Å². The number of nitrogens with two attached hydrogens (primary N) is 1. The summed E-state index contributed by atoms with van der Waals surface area (Å²) in [6.45, 7) is 2.06. The molecule has 0 radical (unpaired) electrons. The topological polar surface area (TPSA) is 47.3 Å². The van der Waals surface area contributed by atoms with E-state index in [9.17, 15) is 0 Å². The van der Waals surface area contributed by atoms with E-state index in [1.807, 2.05) is 12.1 Å². The Morgan fingerprint density at radius 1 is 1.64 bits per heavy atom. The quantitative estimate of drug-likeness (QED) is 0.607. The third-order valence-corrected chi connectivity index (χ3v) is 3.47. The van der Waals surface area contributed by atoms with Crippen molar-refractivity contribution in [2.45, 2.75) is 25.5 Å². The van der Waals surface area contributed by atoms with E-state index in [-0.39, 0.29) is 12.1 Å². The van der Waals surface area contributed by atoms with Crippen LogP contribution in [0, 0.1) is 0 Å². The molecule has 0 aliphatic heterocycles. The van der Waals surface area contributed by atoms with Gasteiger partial charge in [0.1, 0.15) is 0 Å². The average Bonchev–Trinajstić information content (AvgIpc) is 2.60. The van der Waals surface area contributed by atoms with Gasteiger partial charge in [-0.3, -0.25) is 5.84 Å². The molecule has 5 heteroatoms. The second kappa shape index (κ2) is 5.68. The summed E-state index contributed by atoms with van der Waals surface area (Å²) in [6.07, 6.45) is 0.982. The van der Waals surface area contributed by atoms with Crippen LogP contribution in [0.1, 0.15) is 24.3 Å². The number of thiophene rings is 1. The summed E-state index contributed by atoms with van der Waals surface area (Å²) in [7, 11) is 1.69. The number of halogens is 1. The standard InChI is InChI=1S/C9H15ClN2OS/c1-3-6(13-2)9(12-11)7-4-5-8(10)14-7/h4-6,9,12H,3,11H2,1-2H3. The summed E-state index contributed by atoms with van der Waals surface area (Å²) in [6, 6.07) is 3.86. The highest BCUT2D eigenvalue weighted by atomic mass is 35.5. The van der Waals surface area contributed by atoms with Crippen LogP contribution < -0.4 is 11.3 Å². The molecule has 0 spiro atoms. The number of hydrazine groups is 1. The molecule has 1 aromatic rings. The Labute approximate surface area is 93.2 Å². The molecule has 0 amide bonds. The van der Waals surface area contributed by atoms with Crippen molar-refractivity contribution in [2.75, 3.05) is 7.11 Å². The van der Waals surface area contributed by atoms with Gasteiger partial charge >= 0.3 is 0 Å². The van der Waals surface area contributed by atoms with Gasteiger partial charge < -0.3 is 4.74 Å². The molecule has 1 aromatic heterocycles. The van der Waals surface area contributed by atoms with E-state index in [1.54, 1.807) is 7.11 Å². The van der Waals surface area contributed by atoms with Crippen molar-refractivity contribution in [1.82, 2.24) is 5.43 Å². The summed E-state index contributed by atoms with van der Waals surface area (Å²) >= 11 is 7.38. The first-order chi connectivity index (χ1) is 6.72. The van der Waals surface area contributed by atoms with Crippen molar-refractivity contribution in [1.29, 1.82) is 0 Å². The van der Waals surface area contributed by atoms with Crippen LogP contribution in [-0.2, 0) is 4.74 Å². The van der Waals surface area contributed by atoms with Gasteiger partial charge in [0.05, 0.1) is 16.5 Å². The molecule has 80 valence electrons. The van der Waals surface area contributed by atoms with Gasteiger partial charge in [-0.15, -0.1) is 11.3 Å². The van der Waals surface area contributed by atoms with Gasteiger partial charge in [0.25, 0.3) is 0 Å². The summed E-state index contributed by atoms with van der Waals surface area (Å²) in [5.74, 6) is 5.50. The minimum absolute atomic E-state index is 0.0162. The zero-order valence-electron chi connectivity index (χ0n) is 8.29. The van der Waals surface area contributed by atoms with Crippen LogP contribution in [0.15, 0.2) is 12.1 Å². The highest BCUT2D eigenvalue weighted by Gasteiger charge is 2.21. The highest BCUT2D eigenvalue weighted by molar-refractivity contribution is 7.16. The minimum atomic E-state index is 0.0162. The number of methoxy groups -OCH3 is 1. The molecule has 3 nitrogen and oxygen atoms in total. The normalized spacial score (nSPS) is 15.4. The monoisotopic (exact) mass is 234 g/mol. The Hall–Kier alpha value is -0.130. The number of hydrogen-bond acceptors (Lipinski definition) is 4. The van der Waals surface area contributed by atoms with Crippen LogP contribution in [0.5, 0.6) is 0 Å². The molecule has 2 unspecified atom stereocenters. The minimum Gasteiger partial charge on any atom is -0.379 e. The van der Waals surface area contributed by atoms with Gasteiger partial charge in [-0.1, -0.05) is 18.5 Å². The molecule has 0 fully saturated rings. The molecule has 0 aromatic carbocycles. The molecule has 1 rings (SSSR count). The van der Waals surface area contributed by atoms with Crippen molar-refractivity contribution >= 4 is 22.9 Å². The van der Waals surface area contributed by atoms with Crippen LogP contribution in [0.25, 0.3) is 0 Å². The smallest absolute Gasteiger partial charge is 0.0931 e. The molecule has 0 bridgehead atoms. The molecule has 0 aliphatic rings. The fraction of sp³-hybridized carbons (Fsp3) is 0.556. The van der Waals surface area contributed by atoms with E-state index in [0.717, 1.165) is 15.6 Å². The van der Waals surface area contributed by atoms with Crippen LogP contribution in [0.3, 0.4) is 0 Å². The SMILES string of the molecule is CCC(OC)C(NN)c1ccc(Cl)s1. The maximum absolute atomic E-state index is 5.86. The lowest BCUT2D eigenvalue weighted by atomic mass is 10.1. The molecular weight excluding hydrogens is 220 g/mol. The third kappa shape index (κ3) is 2.68. The molecule has 0 saturated heterocycles. The first kappa shape index (κ1) is 11.9. The van der Waals surface area contributed by atoms with Gasteiger partial charge in [0, 0.05) is 12.0 Å². The Bertz CT molecular complexity index is 276. The van der Waals surface area contributed by atoms with Gasteiger partial charge in [-0.25, -0.2) is 5.43 Å². The number of nitrogens with one attached hydrogen (secondary N) is 1. The molecule has 0 aliphatic carbocycles. The third-order valence-electron chi connectivity index (χ3n) is 2.16. The number of hydrogen-bond donors (Lipinski definition) is 2. The van der Waals surface area contributed by atoms with Crippen LogP contribution in [0.2, 0.25) is 4.34 Å².